The van der Waals surface area contributed by atoms with Crippen molar-refractivity contribution in [1.82, 2.24) is 0 Å². The zero-order chi connectivity index (χ0) is 27.8. The lowest BCUT2D eigenvalue weighted by atomic mass is 9.73. The number of carbonyl (C=O) groups excluding carboxylic acids is 4. The van der Waals surface area contributed by atoms with Crippen molar-refractivity contribution in [2.45, 2.75) is 25.7 Å². The molecule has 3 aliphatic rings. The topological polar surface area (TPSA) is 102 Å². The summed E-state index contributed by atoms with van der Waals surface area (Å²) in [7, 11) is 0. The highest BCUT2D eigenvalue weighted by atomic mass is 16.5. The van der Waals surface area contributed by atoms with E-state index in [2.05, 4.69) is 17.4 Å². The van der Waals surface area contributed by atoms with Crippen LogP contribution in [0.2, 0.25) is 0 Å². The lowest BCUT2D eigenvalue weighted by molar-refractivity contribution is -0.123. The normalized spacial score (nSPS) is 24.6. The third-order valence-corrected chi connectivity index (χ3v) is 8.39. The monoisotopic (exact) mass is 538 g/mol. The van der Waals surface area contributed by atoms with Crippen molar-refractivity contribution < 1.29 is 28.7 Å². The van der Waals surface area contributed by atoms with Crippen molar-refractivity contribution in [1.29, 1.82) is 0 Å². The van der Waals surface area contributed by atoms with Gasteiger partial charge in [-0.2, -0.15) is 0 Å². The van der Waals surface area contributed by atoms with Gasteiger partial charge in [-0.15, -0.1) is 0 Å². The largest absolute Gasteiger partial charge is 0.494 e. The Kier molecular flexibility index (Phi) is 6.84. The Labute approximate surface area is 232 Å². The maximum Gasteiger partial charge on any atom is 0.338 e. The van der Waals surface area contributed by atoms with Crippen LogP contribution in [-0.4, -0.2) is 36.9 Å². The van der Waals surface area contributed by atoms with Crippen molar-refractivity contribution >= 4 is 35.1 Å². The van der Waals surface area contributed by atoms with Gasteiger partial charge in [0.2, 0.25) is 11.8 Å². The van der Waals surface area contributed by atoms with E-state index >= 15 is 0 Å². The molecule has 8 heteroatoms. The second-order valence-electron chi connectivity index (χ2n) is 10.6. The molecule has 0 spiro atoms. The van der Waals surface area contributed by atoms with Crippen molar-refractivity contribution in [2.24, 2.45) is 23.7 Å². The Morgan fingerprint density at radius 1 is 0.875 bits per heavy atom. The van der Waals surface area contributed by atoms with E-state index in [1.54, 1.807) is 36.4 Å². The third kappa shape index (κ3) is 4.63. The molecule has 0 radical (unpaired) electrons. The first kappa shape index (κ1) is 25.8. The van der Waals surface area contributed by atoms with Gasteiger partial charge in [0.1, 0.15) is 5.75 Å². The molecule has 2 aliphatic carbocycles. The Bertz CT molecular complexity index is 1440. The van der Waals surface area contributed by atoms with Gasteiger partial charge in [-0.3, -0.25) is 19.3 Å². The number of amides is 3. The van der Waals surface area contributed by atoms with E-state index in [0.717, 1.165) is 12.8 Å². The number of rotatable bonds is 8. The summed E-state index contributed by atoms with van der Waals surface area (Å²) in [6, 6.07) is 23.3. The molecule has 1 heterocycles. The molecule has 5 atom stereocenters. The number of benzene rings is 3. The fourth-order valence-electron chi connectivity index (χ4n) is 6.76. The lowest BCUT2D eigenvalue weighted by Crippen LogP contribution is -2.33. The molecule has 1 saturated heterocycles. The van der Waals surface area contributed by atoms with Crippen LogP contribution in [0.4, 0.5) is 11.4 Å². The number of ether oxygens (including phenoxy) is 2. The number of hydrogen-bond donors (Lipinski definition) is 1. The number of imide groups is 1. The molecule has 1 N–H and O–H groups in total. The SMILES string of the molecule is CCOc1ccc(NC(=O)COC(=O)c2ccc(N3C(=O)[C@@H]4[C@@H]5C[C@@H]([C@@H]4C3=O)[C@@H](c3ccccc3)C5)cc2)cc1. The fourth-order valence-corrected chi connectivity index (χ4v) is 6.76. The summed E-state index contributed by atoms with van der Waals surface area (Å²) in [4.78, 5) is 53.0. The van der Waals surface area contributed by atoms with E-state index in [1.165, 1.54) is 22.6 Å². The molecule has 3 amide bonds. The minimum absolute atomic E-state index is 0.143. The summed E-state index contributed by atoms with van der Waals surface area (Å²) in [5, 5.41) is 2.67. The van der Waals surface area contributed by atoms with Crippen LogP contribution in [0.5, 0.6) is 5.75 Å². The highest BCUT2D eigenvalue weighted by Crippen LogP contribution is 2.61. The number of esters is 1. The van der Waals surface area contributed by atoms with Gasteiger partial charge in [0.25, 0.3) is 5.91 Å². The predicted octanol–water partition coefficient (Wildman–Crippen LogP) is 4.81. The van der Waals surface area contributed by atoms with Gasteiger partial charge in [0.15, 0.2) is 6.61 Å². The molecule has 1 aliphatic heterocycles. The minimum atomic E-state index is -0.673. The maximum atomic E-state index is 13.5. The average Bonchev–Trinajstić information content (AvgIpc) is 3.64. The highest BCUT2D eigenvalue weighted by molar-refractivity contribution is 6.22. The second kappa shape index (κ2) is 10.6. The van der Waals surface area contributed by atoms with Gasteiger partial charge in [-0.05, 0) is 91.6 Å². The molecule has 2 bridgehead atoms. The van der Waals surface area contributed by atoms with Crippen molar-refractivity contribution in [3.05, 3.63) is 90.0 Å². The summed E-state index contributed by atoms with van der Waals surface area (Å²) in [6.07, 6.45) is 1.84. The van der Waals surface area contributed by atoms with Gasteiger partial charge in [0, 0.05) is 5.69 Å². The van der Waals surface area contributed by atoms with Gasteiger partial charge < -0.3 is 14.8 Å². The molecule has 2 saturated carbocycles. The number of hydrogen-bond acceptors (Lipinski definition) is 6. The van der Waals surface area contributed by atoms with Gasteiger partial charge in [-0.1, -0.05) is 30.3 Å². The van der Waals surface area contributed by atoms with Crippen LogP contribution in [0.25, 0.3) is 0 Å². The van der Waals surface area contributed by atoms with E-state index in [0.29, 0.717) is 29.6 Å². The van der Waals surface area contributed by atoms with Crippen LogP contribution >= 0.6 is 0 Å². The van der Waals surface area contributed by atoms with Crippen LogP contribution in [0, 0.1) is 23.7 Å². The number of anilines is 2. The molecular formula is C32H30N2O6. The molecule has 3 fully saturated rings. The number of nitrogens with zero attached hydrogens (tertiary/aromatic N) is 1. The van der Waals surface area contributed by atoms with Crippen LogP contribution in [0.3, 0.4) is 0 Å². The van der Waals surface area contributed by atoms with Crippen LogP contribution in [0.1, 0.15) is 41.6 Å². The first-order chi connectivity index (χ1) is 19.4. The van der Waals surface area contributed by atoms with Crippen LogP contribution in [0.15, 0.2) is 78.9 Å². The molecule has 204 valence electrons. The number of nitrogens with one attached hydrogen (secondary N) is 1. The van der Waals surface area contributed by atoms with Gasteiger partial charge >= 0.3 is 5.97 Å². The molecule has 6 rings (SSSR count). The number of carbonyl (C=O) groups is 4. The third-order valence-electron chi connectivity index (χ3n) is 8.39. The quantitative estimate of drug-likeness (QED) is 0.326. The summed E-state index contributed by atoms with van der Waals surface area (Å²) < 4.78 is 10.5. The van der Waals surface area contributed by atoms with E-state index in [4.69, 9.17) is 9.47 Å². The van der Waals surface area contributed by atoms with Crippen LogP contribution in [-0.2, 0) is 19.1 Å². The Morgan fingerprint density at radius 2 is 1.57 bits per heavy atom. The fraction of sp³-hybridized carbons (Fsp3) is 0.312. The van der Waals surface area contributed by atoms with Crippen molar-refractivity contribution in [3.8, 4) is 5.75 Å². The van der Waals surface area contributed by atoms with E-state index < -0.39 is 18.5 Å². The zero-order valence-corrected chi connectivity index (χ0v) is 22.1. The smallest absolute Gasteiger partial charge is 0.338 e. The average molecular weight is 539 g/mol. The Morgan fingerprint density at radius 3 is 2.27 bits per heavy atom. The number of fused-ring (bicyclic) bond motifs is 5. The minimum Gasteiger partial charge on any atom is -0.494 e. The second-order valence-corrected chi connectivity index (χ2v) is 10.6. The standard InChI is InChI=1S/C32H30N2O6/c1-2-39-24-14-10-22(11-15-24)33-27(35)18-40-32(38)20-8-12-23(13-9-20)34-30(36)28-21-16-25(19-6-4-3-5-7-19)26(17-21)29(28)31(34)37/h3-15,21,25-26,28-29H,2,16-18H2,1H3,(H,33,35)/t21-,25+,26+,28+,29-/m0/s1. The van der Waals surface area contributed by atoms with Gasteiger partial charge in [-0.25, -0.2) is 4.79 Å². The summed E-state index contributed by atoms with van der Waals surface area (Å²) >= 11 is 0. The van der Waals surface area contributed by atoms with E-state index in [-0.39, 0.29) is 41.0 Å². The molecule has 40 heavy (non-hydrogen) atoms. The lowest BCUT2D eigenvalue weighted by Gasteiger charge is -2.28. The summed E-state index contributed by atoms with van der Waals surface area (Å²) in [5.41, 5.74) is 2.47. The Balaban J connectivity index is 1.07. The summed E-state index contributed by atoms with van der Waals surface area (Å²) in [6.45, 7) is 1.98. The van der Waals surface area contributed by atoms with Crippen molar-refractivity contribution in [2.75, 3.05) is 23.4 Å². The molecule has 3 aromatic rings. The van der Waals surface area contributed by atoms with Gasteiger partial charge in [0.05, 0.1) is 29.7 Å². The molecule has 3 aromatic carbocycles. The Hall–Kier alpha value is -4.46. The van der Waals surface area contributed by atoms with E-state index in [9.17, 15) is 19.2 Å². The van der Waals surface area contributed by atoms with Crippen LogP contribution < -0.4 is 15.0 Å². The zero-order valence-electron chi connectivity index (χ0n) is 22.1. The molecule has 0 unspecified atom stereocenters. The predicted molar refractivity (Wildman–Crippen MR) is 148 cm³/mol. The highest BCUT2D eigenvalue weighted by Gasteiger charge is 2.64. The first-order valence-electron chi connectivity index (χ1n) is 13.7. The van der Waals surface area contributed by atoms with E-state index in [1.807, 2.05) is 25.1 Å². The molecular weight excluding hydrogens is 508 g/mol. The van der Waals surface area contributed by atoms with Crippen molar-refractivity contribution in [3.63, 3.8) is 0 Å². The summed E-state index contributed by atoms with van der Waals surface area (Å²) in [5.74, 6) is -0.629. The molecule has 8 nitrogen and oxygen atoms in total. The molecule has 0 aromatic heterocycles. The first-order valence-corrected chi connectivity index (χ1v) is 13.7. The maximum absolute atomic E-state index is 13.5.